The molecule has 20 heavy (non-hydrogen) atoms. The van der Waals surface area contributed by atoms with E-state index in [0.29, 0.717) is 11.8 Å². The quantitative estimate of drug-likeness (QED) is 0.695. The molecule has 2 aliphatic rings. The number of hydrogen-bond acceptors (Lipinski definition) is 2. The third-order valence-corrected chi connectivity index (χ3v) is 7.26. The van der Waals surface area contributed by atoms with Gasteiger partial charge in [0.05, 0.1) is 12.2 Å². The van der Waals surface area contributed by atoms with E-state index >= 15 is 0 Å². The summed E-state index contributed by atoms with van der Waals surface area (Å²) in [5, 5.41) is 21.0. The second-order valence-electron chi connectivity index (χ2n) is 6.38. The summed E-state index contributed by atoms with van der Waals surface area (Å²) in [6.45, 7) is 0. The van der Waals surface area contributed by atoms with Gasteiger partial charge >= 0.3 is 0 Å². The van der Waals surface area contributed by atoms with E-state index in [1.165, 1.54) is 38.5 Å². The van der Waals surface area contributed by atoms with Crippen LogP contribution in [0.15, 0.2) is 8.96 Å². The highest BCUT2D eigenvalue weighted by Gasteiger charge is 2.30. The molecule has 4 heteroatoms. The summed E-state index contributed by atoms with van der Waals surface area (Å²) >= 11 is 7.07. The Balaban J connectivity index is 2.00. The fraction of sp³-hybridized carbons (Fsp3) is 0.875. The van der Waals surface area contributed by atoms with E-state index in [-0.39, 0.29) is 0 Å². The van der Waals surface area contributed by atoms with Crippen molar-refractivity contribution in [2.24, 2.45) is 11.8 Å². The number of halogens is 2. The Labute approximate surface area is 139 Å². The first-order chi connectivity index (χ1) is 9.61. The molecule has 2 nitrogen and oxygen atoms in total. The van der Waals surface area contributed by atoms with Gasteiger partial charge in [-0.25, -0.2) is 0 Å². The van der Waals surface area contributed by atoms with E-state index in [2.05, 4.69) is 31.9 Å². The summed E-state index contributed by atoms with van der Waals surface area (Å²) in [5.41, 5.74) is 0. The molecule has 0 saturated heterocycles. The van der Waals surface area contributed by atoms with Crippen LogP contribution in [0.3, 0.4) is 0 Å². The van der Waals surface area contributed by atoms with Crippen LogP contribution in [0, 0.1) is 11.8 Å². The van der Waals surface area contributed by atoms with Gasteiger partial charge in [0.25, 0.3) is 0 Å². The van der Waals surface area contributed by atoms with Gasteiger partial charge in [-0.2, -0.15) is 0 Å². The summed E-state index contributed by atoms with van der Waals surface area (Å²) in [7, 11) is 0. The van der Waals surface area contributed by atoms with Crippen molar-refractivity contribution in [1.82, 2.24) is 0 Å². The van der Waals surface area contributed by atoms with Gasteiger partial charge in [-0.05, 0) is 37.5 Å². The van der Waals surface area contributed by atoms with Crippen molar-refractivity contribution in [1.29, 1.82) is 0 Å². The van der Waals surface area contributed by atoms with Gasteiger partial charge in [0.1, 0.15) is 0 Å². The molecule has 0 unspecified atom stereocenters. The van der Waals surface area contributed by atoms with Crippen LogP contribution in [0.4, 0.5) is 0 Å². The Bertz CT molecular complexity index is 299. The zero-order valence-corrected chi connectivity index (χ0v) is 15.2. The Morgan fingerprint density at radius 2 is 0.950 bits per heavy atom. The number of rotatable bonds is 4. The molecule has 0 amide bonds. The predicted molar refractivity (Wildman–Crippen MR) is 90.0 cm³/mol. The van der Waals surface area contributed by atoms with Crippen molar-refractivity contribution in [2.75, 3.05) is 0 Å². The first-order valence-electron chi connectivity index (χ1n) is 8.02. The van der Waals surface area contributed by atoms with Gasteiger partial charge in [-0.1, -0.05) is 70.4 Å². The van der Waals surface area contributed by atoms with Crippen molar-refractivity contribution in [3.8, 4) is 0 Å². The maximum Gasteiger partial charge on any atom is 0.0891 e. The number of aliphatic hydroxyl groups is 2. The fourth-order valence-corrected chi connectivity index (χ4v) is 4.81. The van der Waals surface area contributed by atoms with Gasteiger partial charge in [0, 0.05) is 8.96 Å². The molecule has 116 valence electrons. The van der Waals surface area contributed by atoms with Crippen LogP contribution < -0.4 is 0 Å². The largest absolute Gasteiger partial charge is 0.388 e. The van der Waals surface area contributed by atoms with Crippen LogP contribution in [0.25, 0.3) is 0 Å². The van der Waals surface area contributed by atoms with Crippen LogP contribution in [-0.2, 0) is 0 Å². The fourth-order valence-electron chi connectivity index (χ4n) is 3.60. The minimum atomic E-state index is -0.470. The molecule has 0 aromatic rings. The first-order valence-corrected chi connectivity index (χ1v) is 9.61. The maximum absolute atomic E-state index is 10.5. The lowest BCUT2D eigenvalue weighted by molar-refractivity contribution is 0.108. The zero-order valence-electron chi connectivity index (χ0n) is 12.0. The molecular formula is C16H26Br2O2. The van der Waals surface area contributed by atoms with Crippen LogP contribution in [0.2, 0.25) is 0 Å². The molecular weight excluding hydrogens is 384 g/mol. The normalized spacial score (nSPS) is 27.0. The second-order valence-corrected chi connectivity index (χ2v) is 8.09. The SMILES string of the molecule is O[C@H](/C(Br)=C(\Br)[C@@H](O)C1CCCCC1)C1CCCCC1. The van der Waals surface area contributed by atoms with Crippen molar-refractivity contribution >= 4 is 31.9 Å². The molecule has 2 atom stereocenters. The molecule has 0 spiro atoms. The van der Waals surface area contributed by atoms with Crippen LogP contribution in [-0.4, -0.2) is 22.4 Å². The molecule has 0 aliphatic heterocycles. The Kier molecular flexibility index (Phi) is 7.05. The molecule has 0 aromatic heterocycles. The van der Waals surface area contributed by atoms with E-state index in [9.17, 15) is 10.2 Å². The van der Waals surface area contributed by atoms with E-state index in [0.717, 1.165) is 34.6 Å². The summed E-state index contributed by atoms with van der Waals surface area (Å²) in [5.74, 6) is 0.675. The van der Waals surface area contributed by atoms with E-state index < -0.39 is 12.2 Å². The Morgan fingerprint density at radius 1 is 0.650 bits per heavy atom. The minimum Gasteiger partial charge on any atom is -0.388 e. The standard InChI is InChI=1S/C16H26Br2O2/c17-13(15(19)11-7-3-1-4-8-11)14(18)16(20)12-9-5-2-6-10-12/h11-12,15-16,19-20H,1-10H2/b14-13+/t15-,16-/m0/s1. The molecule has 2 rings (SSSR count). The second kappa shape index (κ2) is 8.30. The van der Waals surface area contributed by atoms with Gasteiger partial charge in [-0.15, -0.1) is 0 Å². The van der Waals surface area contributed by atoms with Crippen molar-refractivity contribution in [3.05, 3.63) is 8.96 Å². The maximum atomic E-state index is 10.5. The van der Waals surface area contributed by atoms with Gasteiger partial charge in [0.15, 0.2) is 0 Å². The molecule has 2 saturated carbocycles. The first kappa shape index (κ1) is 17.0. The molecule has 0 bridgehead atoms. The highest BCUT2D eigenvalue weighted by atomic mass is 79.9. The van der Waals surface area contributed by atoms with Gasteiger partial charge < -0.3 is 10.2 Å². The summed E-state index contributed by atoms with van der Waals surface area (Å²) < 4.78 is 1.53. The third kappa shape index (κ3) is 4.31. The monoisotopic (exact) mass is 408 g/mol. The Morgan fingerprint density at radius 3 is 1.25 bits per heavy atom. The van der Waals surface area contributed by atoms with E-state index in [1.807, 2.05) is 0 Å². The van der Waals surface area contributed by atoms with E-state index in [1.54, 1.807) is 0 Å². The lowest BCUT2D eigenvalue weighted by Gasteiger charge is -2.30. The van der Waals surface area contributed by atoms with Crippen molar-refractivity contribution < 1.29 is 10.2 Å². The van der Waals surface area contributed by atoms with E-state index in [4.69, 9.17) is 0 Å². The molecule has 2 N–H and O–H groups in total. The molecule has 0 heterocycles. The zero-order chi connectivity index (χ0) is 14.5. The van der Waals surface area contributed by atoms with Crippen LogP contribution >= 0.6 is 31.9 Å². The topological polar surface area (TPSA) is 40.5 Å². The summed E-state index contributed by atoms with van der Waals surface area (Å²) in [4.78, 5) is 0. The number of aliphatic hydroxyl groups excluding tert-OH is 2. The minimum absolute atomic E-state index is 0.337. The lowest BCUT2D eigenvalue weighted by atomic mass is 9.83. The molecule has 2 aliphatic carbocycles. The third-order valence-electron chi connectivity index (χ3n) is 4.94. The molecule has 2 fully saturated rings. The smallest absolute Gasteiger partial charge is 0.0891 e. The predicted octanol–water partition coefficient (Wildman–Crippen LogP) is 4.87. The average molecular weight is 410 g/mol. The molecule has 0 radical (unpaired) electrons. The Hall–Kier alpha value is 0.620. The van der Waals surface area contributed by atoms with Crippen LogP contribution in [0.1, 0.15) is 64.2 Å². The molecule has 0 aromatic carbocycles. The van der Waals surface area contributed by atoms with Crippen molar-refractivity contribution in [2.45, 2.75) is 76.4 Å². The average Bonchev–Trinajstić information content (AvgIpc) is 2.53. The number of hydrogen-bond donors (Lipinski definition) is 2. The van der Waals surface area contributed by atoms with Crippen LogP contribution in [0.5, 0.6) is 0 Å². The van der Waals surface area contributed by atoms with Gasteiger partial charge in [0.2, 0.25) is 0 Å². The highest BCUT2D eigenvalue weighted by Crippen LogP contribution is 2.38. The highest BCUT2D eigenvalue weighted by molar-refractivity contribution is 9.14. The summed E-state index contributed by atoms with van der Waals surface area (Å²) in [6, 6.07) is 0. The van der Waals surface area contributed by atoms with Crippen molar-refractivity contribution in [3.63, 3.8) is 0 Å². The lowest BCUT2D eigenvalue weighted by Crippen LogP contribution is -2.28. The van der Waals surface area contributed by atoms with Gasteiger partial charge in [-0.3, -0.25) is 0 Å². The summed E-state index contributed by atoms with van der Waals surface area (Å²) in [6.07, 6.45) is 10.9.